The van der Waals surface area contributed by atoms with E-state index in [-0.39, 0.29) is 29.5 Å². The smallest absolute Gasteiger partial charge is 1.00 e. The standard InChI is InChI=1S/C5H11.ClH.Mn/c1-3-5-4-2;;/h1,3-5H2,2H3;1H;/q-1;;+2/p-1. The summed E-state index contributed by atoms with van der Waals surface area (Å²) in [6.07, 6.45) is 3.65. The third-order valence-electron chi connectivity index (χ3n) is 0.604. The van der Waals surface area contributed by atoms with Gasteiger partial charge in [0, 0.05) is 0 Å². The molecule has 0 aromatic carbocycles. The maximum atomic E-state index is 3.68. The minimum absolute atomic E-state index is 0. The maximum Gasteiger partial charge on any atom is 2.00 e. The normalized spacial score (nSPS) is 6.00. The SMILES string of the molecule is [CH2-]CCCC.[Cl-].[Mn+2]. The Morgan fingerprint density at radius 1 is 1.43 bits per heavy atom. The Bertz CT molecular complexity index is 15.6. The zero-order chi connectivity index (χ0) is 4.12. The maximum absolute atomic E-state index is 3.68. The molecule has 0 spiro atoms. The zero-order valence-electron chi connectivity index (χ0n) is 4.58. The Morgan fingerprint density at radius 2 is 1.86 bits per heavy atom. The van der Waals surface area contributed by atoms with Gasteiger partial charge in [0.15, 0.2) is 0 Å². The van der Waals surface area contributed by atoms with E-state index in [9.17, 15) is 0 Å². The summed E-state index contributed by atoms with van der Waals surface area (Å²) in [5.41, 5.74) is 0. The van der Waals surface area contributed by atoms with Crippen molar-refractivity contribution in [3.63, 3.8) is 0 Å². The first-order chi connectivity index (χ1) is 2.41. The van der Waals surface area contributed by atoms with Gasteiger partial charge in [-0.3, -0.25) is 0 Å². The van der Waals surface area contributed by atoms with E-state index in [1.54, 1.807) is 0 Å². The van der Waals surface area contributed by atoms with Crippen LogP contribution in [0, 0.1) is 6.92 Å². The van der Waals surface area contributed by atoms with E-state index in [1.165, 1.54) is 12.8 Å². The molecule has 0 saturated carbocycles. The van der Waals surface area contributed by atoms with Gasteiger partial charge in [-0.1, -0.05) is 19.8 Å². The van der Waals surface area contributed by atoms with Gasteiger partial charge >= 0.3 is 17.1 Å². The molecule has 0 aliphatic rings. The van der Waals surface area contributed by atoms with Gasteiger partial charge in [0.2, 0.25) is 0 Å². The molecule has 0 saturated heterocycles. The van der Waals surface area contributed by atoms with E-state index >= 15 is 0 Å². The van der Waals surface area contributed by atoms with Crippen molar-refractivity contribution in [3.05, 3.63) is 6.92 Å². The number of hydrogen-bond donors (Lipinski definition) is 0. The van der Waals surface area contributed by atoms with Gasteiger partial charge in [-0.15, -0.1) is 0 Å². The van der Waals surface area contributed by atoms with E-state index in [1.807, 2.05) is 0 Å². The fourth-order valence-corrected chi connectivity index (χ4v) is 0.250. The largest absolute Gasteiger partial charge is 2.00 e. The minimum Gasteiger partial charge on any atom is -1.00 e. The second kappa shape index (κ2) is 15.8. The summed E-state index contributed by atoms with van der Waals surface area (Å²) < 4.78 is 0. The van der Waals surface area contributed by atoms with Crippen molar-refractivity contribution in [1.29, 1.82) is 0 Å². The average molecular weight is 162 g/mol. The van der Waals surface area contributed by atoms with Crippen LogP contribution >= 0.6 is 0 Å². The monoisotopic (exact) mass is 161 g/mol. The number of unbranched alkanes of at least 4 members (excludes halogenated alkanes) is 2. The first-order valence-electron chi connectivity index (χ1n) is 2.21. The predicted octanol–water partition coefficient (Wildman–Crippen LogP) is -0.988. The molecule has 0 unspecified atom stereocenters. The average Bonchev–Trinajstić information content (AvgIpc) is 1.41. The third-order valence-corrected chi connectivity index (χ3v) is 0.604. The molecular weight excluding hydrogens is 150 g/mol. The molecule has 0 atom stereocenters. The fraction of sp³-hybridized carbons (Fsp3) is 0.800. The molecule has 7 heavy (non-hydrogen) atoms. The molecule has 0 aromatic rings. The van der Waals surface area contributed by atoms with Gasteiger partial charge in [-0.25, -0.2) is 0 Å². The van der Waals surface area contributed by atoms with Crippen molar-refractivity contribution in [3.8, 4) is 0 Å². The van der Waals surface area contributed by atoms with Crippen LogP contribution in [0.15, 0.2) is 0 Å². The molecule has 0 heterocycles. The van der Waals surface area contributed by atoms with Crippen LogP contribution in [0.5, 0.6) is 0 Å². The van der Waals surface area contributed by atoms with Crippen LogP contribution in [0.2, 0.25) is 0 Å². The molecule has 0 fully saturated rings. The molecule has 0 N–H and O–H groups in total. The third kappa shape index (κ3) is 20.0. The molecule has 0 aliphatic heterocycles. The second-order valence-corrected chi connectivity index (χ2v) is 1.21. The fourth-order valence-electron chi connectivity index (χ4n) is 0.250. The molecule has 0 amide bonds. The summed E-state index contributed by atoms with van der Waals surface area (Å²) in [5, 5.41) is 0. The van der Waals surface area contributed by atoms with Crippen molar-refractivity contribution >= 4 is 0 Å². The molecule has 0 nitrogen and oxygen atoms in total. The Kier molecular flexibility index (Phi) is 35.4. The summed E-state index contributed by atoms with van der Waals surface area (Å²) in [7, 11) is 0. The Hall–Kier alpha value is 0.809. The van der Waals surface area contributed by atoms with Crippen molar-refractivity contribution in [2.24, 2.45) is 0 Å². The quantitative estimate of drug-likeness (QED) is 0.361. The number of rotatable bonds is 2. The molecule has 0 rings (SSSR count). The molecule has 1 radical (unpaired) electrons. The predicted molar refractivity (Wildman–Crippen MR) is 24.9 cm³/mol. The second-order valence-electron chi connectivity index (χ2n) is 1.21. The van der Waals surface area contributed by atoms with E-state index in [4.69, 9.17) is 0 Å². The first-order valence-corrected chi connectivity index (χ1v) is 2.21. The minimum atomic E-state index is 0. The Balaban J connectivity index is -0.0000000800. The number of hydrogen-bond acceptors (Lipinski definition) is 0. The van der Waals surface area contributed by atoms with Gasteiger partial charge in [0.1, 0.15) is 0 Å². The molecule has 0 aromatic heterocycles. The molecular formula is C5H11ClMn. The van der Waals surface area contributed by atoms with Crippen LogP contribution in [0.1, 0.15) is 26.2 Å². The Morgan fingerprint density at radius 3 is 1.86 bits per heavy atom. The summed E-state index contributed by atoms with van der Waals surface area (Å²) in [6, 6.07) is 0. The summed E-state index contributed by atoms with van der Waals surface area (Å²) in [5.74, 6) is 0. The van der Waals surface area contributed by atoms with Crippen LogP contribution in [-0.2, 0) is 17.1 Å². The van der Waals surface area contributed by atoms with Gasteiger partial charge in [-0.2, -0.15) is 6.42 Å². The van der Waals surface area contributed by atoms with Gasteiger partial charge in [0.05, 0.1) is 0 Å². The van der Waals surface area contributed by atoms with Crippen LogP contribution in [0.4, 0.5) is 0 Å². The van der Waals surface area contributed by atoms with Crippen LogP contribution in [0.25, 0.3) is 0 Å². The summed E-state index contributed by atoms with van der Waals surface area (Å²) in [6.45, 7) is 5.85. The molecule has 0 aliphatic carbocycles. The van der Waals surface area contributed by atoms with Gasteiger partial charge in [0.25, 0.3) is 0 Å². The van der Waals surface area contributed by atoms with E-state index in [2.05, 4.69) is 13.8 Å². The van der Waals surface area contributed by atoms with Crippen molar-refractivity contribution < 1.29 is 29.5 Å². The van der Waals surface area contributed by atoms with Crippen LogP contribution in [0.3, 0.4) is 0 Å². The Labute approximate surface area is 62.9 Å². The molecule has 45 valence electrons. The van der Waals surface area contributed by atoms with Crippen molar-refractivity contribution in [2.75, 3.05) is 0 Å². The van der Waals surface area contributed by atoms with E-state index in [0.717, 1.165) is 6.42 Å². The van der Waals surface area contributed by atoms with Crippen molar-refractivity contribution in [1.82, 2.24) is 0 Å². The number of halogens is 1. The van der Waals surface area contributed by atoms with Crippen LogP contribution in [-0.4, -0.2) is 0 Å². The van der Waals surface area contributed by atoms with Gasteiger partial charge in [-0.05, 0) is 0 Å². The zero-order valence-corrected chi connectivity index (χ0v) is 6.52. The van der Waals surface area contributed by atoms with E-state index in [0.29, 0.717) is 0 Å². The van der Waals surface area contributed by atoms with Crippen LogP contribution < -0.4 is 12.4 Å². The topological polar surface area (TPSA) is 0 Å². The summed E-state index contributed by atoms with van der Waals surface area (Å²) in [4.78, 5) is 0. The van der Waals surface area contributed by atoms with Gasteiger partial charge < -0.3 is 19.3 Å². The molecule has 0 bridgehead atoms. The van der Waals surface area contributed by atoms with E-state index < -0.39 is 0 Å². The van der Waals surface area contributed by atoms with Crippen molar-refractivity contribution in [2.45, 2.75) is 26.2 Å². The summed E-state index contributed by atoms with van der Waals surface area (Å²) >= 11 is 0. The first kappa shape index (κ1) is 15.7. The molecule has 2 heteroatoms.